The summed E-state index contributed by atoms with van der Waals surface area (Å²) in [5, 5.41) is 0. The fourth-order valence-corrected chi connectivity index (χ4v) is 7.44. The molecule has 1 atom stereocenters. The molecule has 0 heterocycles. The smallest absolute Gasteiger partial charge is 0.306 e. The van der Waals surface area contributed by atoms with Crippen LogP contribution in [0.3, 0.4) is 0 Å². The number of esters is 3. The van der Waals surface area contributed by atoms with Crippen LogP contribution in [-0.2, 0) is 28.6 Å². The zero-order chi connectivity index (χ0) is 50.7. The van der Waals surface area contributed by atoms with Crippen molar-refractivity contribution in [2.75, 3.05) is 13.2 Å². The summed E-state index contributed by atoms with van der Waals surface area (Å²) in [6, 6.07) is 0. The first-order valence-electron chi connectivity index (χ1n) is 28.5. The fraction of sp³-hybridized carbons (Fsp3) is 0.641. The highest BCUT2D eigenvalue weighted by molar-refractivity contribution is 5.71. The van der Waals surface area contributed by atoms with Gasteiger partial charge in [-0.15, -0.1) is 0 Å². The van der Waals surface area contributed by atoms with Crippen molar-refractivity contribution >= 4 is 17.9 Å². The SMILES string of the molecule is CC/C=C\C/C=C\C/C=C\C/C=C\C/C=C\C/C=C\C/C=C\C/C=C\C/C=C\CCCCCCCC(=O)OCC(COC(=O)CCCCCCCCCCC)OC(=O)CCCCCCC/C=C\CCC. The van der Waals surface area contributed by atoms with E-state index in [-0.39, 0.29) is 31.1 Å². The number of unbranched alkanes of at least 4 members (excludes halogenated alkanes) is 19. The second kappa shape index (κ2) is 57.4. The summed E-state index contributed by atoms with van der Waals surface area (Å²) in [6.07, 6.45) is 79.3. The lowest BCUT2D eigenvalue weighted by atomic mass is 10.1. The van der Waals surface area contributed by atoms with Crippen molar-refractivity contribution in [1.29, 1.82) is 0 Å². The number of hydrogen-bond donors (Lipinski definition) is 0. The van der Waals surface area contributed by atoms with E-state index >= 15 is 0 Å². The van der Waals surface area contributed by atoms with Crippen molar-refractivity contribution < 1.29 is 28.6 Å². The van der Waals surface area contributed by atoms with Crippen molar-refractivity contribution in [1.82, 2.24) is 0 Å². The van der Waals surface area contributed by atoms with Crippen LogP contribution in [0.25, 0.3) is 0 Å². The third-order valence-electron chi connectivity index (χ3n) is 11.7. The van der Waals surface area contributed by atoms with Gasteiger partial charge in [0, 0.05) is 19.3 Å². The van der Waals surface area contributed by atoms with Gasteiger partial charge in [-0.25, -0.2) is 0 Å². The molecule has 0 aromatic carbocycles. The lowest BCUT2D eigenvalue weighted by Crippen LogP contribution is -2.30. The molecule has 0 amide bonds. The first kappa shape index (κ1) is 65.8. The molecule has 0 saturated heterocycles. The molecule has 1 unspecified atom stereocenters. The number of carbonyl (C=O) groups excluding carboxylic acids is 3. The molecule has 0 aromatic rings. The topological polar surface area (TPSA) is 78.9 Å². The zero-order valence-electron chi connectivity index (χ0n) is 45.2. The minimum Gasteiger partial charge on any atom is -0.462 e. The molecule has 0 N–H and O–H groups in total. The summed E-state index contributed by atoms with van der Waals surface area (Å²) in [5.41, 5.74) is 0. The highest BCUT2D eigenvalue weighted by Crippen LogP contribution is 2.14. The van der Waals surface area contributed by atoms with Crippen LogP contribution in [0.5, 0.6) is 0 Å². The van der Waals surface area contributed by atoms with Crippen LogP contribution in [0.15, 0.2) is 122 Å². The summed E-state index contributed by atoms with van der Waals surface area (Å²) < 4.78 is 16.7. The number of ether oxygens (including phenoxy) is 3. The number of hydrogen-bond acceptors (Lipinski definition) is 6. The quantitative estimate of drug-likeness (QED) is 0.0262. The summed E-state index contributed by atoms with van der Waals surface area (Å²) in [5.74, 6) is -0.927. The molecular formula is C64H104O6. The number of rotatable bonds is 50. The predicted molar refractivity (Wildman–Crippen MR) is 302 cm³/mol. The molecule has 396 valence electrons. The summed E-state index contributed by atoms with van der Waals surface area (Å²) >= 11 is 0. The molecule has 0 fully saturated rings. The fourth-order valence-electron chi connectivity index (χ4n) is 7.44. The standard InChI is InChI=1S/C64H104O6/c1-4-7-10-13-16-19-21-22-23-24-25-26-27-28-29-30-31-32-33-34-35-36-37-38-39-40-41-42-43-46-48-51-54-57-63(66)69-60-61(59-68-62(65)56-53-50-47-44-18-15-12-9-6-3)70-64(67)58-55-52-49-45-20-17-14-11-8-5-2/h7,10-11,14,16,19,22-23,25-26,28-29,31-32,34-35,37-38,40-41,61H,4-6,8-9,12-13,15,17-18,20-21,24,27,30,33,36,39,42-60H2,1-3H3/b10-7-,14-11-,19-16-,23-22-,26-25-,29-28-,32-31-,35-34-,38-37-,41-40-. The Morgan fingerprint density at radius 3 is 0.943 bits per heavy atom. The monoisotopic (exact) mass is 969 g/mol. The van der Waals surface area contributed by atoms with E-state index in [4.69, 9.17) is 14.2 Å². The molecule has 6 heteroatoms. The van der Waals surface area contributed by atoms with Gasteiger partial charge in [0.15, 0.2) is 6.10 Å². The van der Waals surface area contributed by atoms with Crippen molar-refractivity contribution in [2.24, 2.45) is 0 Å². The van der Waals surface area contributed by atoms with Crippen molar-refractivity contribution in [3.05, 3.63) is 122 Å². The Morgan fingerprint density at radius 2 is 0.586 bits per heavy atom. The maximum Gasteiger partial charge on any atom is 0.306 e. The summed E-state index contributed by atoms with van der Waals surface area (Å²) in [6.45, 7) is 6.40. The first-order valence-corrected chi connectivity index (χ1v) is 28.5. The van der Waals surface area contributed by atoms with E-state index in [2.05, 4.69) is 142 Å². The molecule has 6 nitrogen and oxygen atoms in total. The van der Waals surface area contributed by atoms with Gasteiger partial charge in [-0.3, -0.25) is 14.4 Å². The van der Waals surface area contributed by atoms with Crippen LogP contribution < -0.4 is 0 Å². The molecule has 70 heavy (non-hydrogen) atoms. The Bertz CT molecular complexity index is 1490. The van der Waals surface area contributed by atoms with Crippen molar-refractivity contribution in [2.45, 2.75) is 252 Å². The zero-order valence-corrected chi connectivity index (χ0v) is 45.2. The maximum atomic E-state index is 12.7. The van der Waals surface area contributed by atoms with Crippen LogP contribution in [0, 0.1) is 0 Å². The molecule has 0 rings (SSSR count). The average molecular weight is 970 g/mol. The lowest BCUT2D eigenvalue weighted by molar-refractivity contribution is -0.167. The Hall–Kier alpha value is -4.19. The van der Waals surface area contributed by atoms with Gasteiger partial charge in [-0.1, -0.05) is 239 Å². The van der Waals surface area contributed by atoms with Gasteiger partial charge < -0.3 is 14.2 Å². The van der Waals surface area contributed by atoms with E-state index in [9.17, 15) is 14.4 Å². The summed E-state index contributed by atoms with van der Waals surface area (Å²) in [7, 11) is 0. The van der Waals surface area contributed by atoms with Crippen molar-refractivity contribution in [3.63, 3.8) is 0 Å². The van der Waals surface area contributed by atoms with E-state index in [0.29, 0.717) is 19.3 Å². The van der Waals surface area contributed by atoms with Gasteiger partial charge >= 0.3 is 17.9 Å². The third kappa shape index (κ3) is 54.7. The molecule has 0 spiro atoms. The Balaban J connectivity index is 4.18. The normalized spacial score (nSPS) is 13.0. The molecule has 0 aliphatic heterocycles. The number of allylic oxidation sites excluding steroid dienone is 20. The van der Waals surface area contributed by atoms with Crippen LogP contribution in [-0.4, -0.2) is 37.2 Å². The van der Waals surface area contributed by atoms with E-state index < -0.39 is 6.10 Å². The van der Waals surface area contributed by atoms with E-state index in [1.165, 1.54) is 51.4 Å². The minimum absolute atomic E-state index is 0.0881. The van der Waals surface area contributed by atoms with E-state index in [1.807, 2.05) is 0 Å². The van der Waals surface area contributed by atoms with Gasteiger partial charge in [0.1, 0.15) is 13.2 Å². The average Bonchev–Trinajstić information content (AvgIpc) is 3.36. The van der Waals surface area contributed by atoms with Gasteiger partial charge in [0.2, 0.25) is 0 Å². The molecule has 0 saturated carbocycles. The van der Waals surface area contributed by atoms with Crippen molar-refractivity contribution in [3.8, 4) is 0 Å². The first-order chi connectivity index (χ1) is 34.5. The Kier molecular flexibility index (Phi) is 54.0. The van der Waals surface area contributed by atoms with Gasteiger partial charge in [-0.05, 0) is 109 Å². The van der Waals surface area contributed by atoms with Crippen LogP contribution in [0.2, 0.25) is 0 Å². The lowest BCUT2D eigenvalue weighted by Gasteiger charge is -2.18. The highest BCUT2D eigenvalue weighted by atomic mass is 16.6. The second-order valence-electron chi connectivity index (χ2n) is 18.5. The van der Waals surface area contributed by atoms with E-state index in [1.54, 1.807) is 0 Å². The minimum atomic E-state index is -0.789. The van der Waals surface area contributed by atoms with Gasteiger partial charge in [-0.2, -0.15) is 0 Å². The third-order valence-corrected chi connectivity index (χ3v) is 11.7. The van der Waals surface area contributed by atoms with Crippen LogP contribution in [0.4, 0.5) is 0 Å². The van der Waals surface area contributed by atoms with Crippen LogP contribution in [0.1, 0.15) is 245 Å². The molecular weight excluding hydrogens is 865 g/mol. The Labute approximate surface area is 431 Å². The Morgan fingerprint density at radius 1 is 0.300 bits per heavy atom. The van der Waals surface area contributed by atoms with Crippen LogP contribution >= 0.6 is 0 Å². The number of carbonyl (C=O) groups is 3. The highest BCUT2D eigenvalue weighted by Gasteiger charge is 2.19. The molecule has 0 aliphatic rings. The van der Waals surface area contributed by atoms with Gasteiger partial charge in [0.05, 0.1) is 0 Å². The molecule has 0 aromatic heterocycles. The predicted octanol–water partition coefficient (Wildman–Crippen LogP) is 19.3. The molecule has 0 aliphatic carbocycles. The largest absolute Gasteiger partial charge is 0.462 e. The maximum absolute atomic E-state index is 12.7. The molecule has 0 bridgehead atoms. The summed E-state index contributed by atoms with van der Waals surface area (Å²) in [4.78, 5) is 37.9. The van der Waals surface area contributed by atoms with E-state index in [0.717, 1.165) is 154 Å². The molecule has 0 radical (unpaired) electrons. The van der Waals surface area contributed by atoms with Gasteiger partial charge in [0.25, 0.3) is 0 Å². The second-order valence-corrected chi connectivity index (χ2v) is 18.5.